The van der Waals surface area contributed by atoms with Crippen molar-refractivity contribution >= 4 is 12.1 Å². The summed E-state index contributed by atoms with van der Waals surface area (Å²) in [6.45, 7) is 5.15. The number of likely N-dealkylation sites (N-methyl/N-ethyl adjacent to an activating group) is 1. The van der Waals surface area contributed by atoms with E-state index >= 15 is 0 Å². The highest BCUT2D eigenvalue weighted by molar-refractivity contribution is 5.80. The lowest BCUT2D eigenvalue weighted by Gasteiger charge is -2.28. The highest BCUT2D eigenvalue weighted by Gasteiger charge is 2.30. The van der Waals surface area contributed by atoms with E-state index in [9.17, 15) is 19.8 Å². The summed E-state index contributed by atoms with van der Waals surface area (Å²) in [5.74, 6) is -1.01. The zero-order valence-electron chi connectivity index (χ0n) is 12.7. The Labute approximate surface area is 124 Å². The van der Waals surface area contributed by atoms with E-state index < -0.39 is 23.7 Å². The number of hydrogen-bond acceptors (Lipinski definition) is 4. The fourth-order valence-corrected chi connectivity index (χ4v) is 1.71. The maximum atomic E-state index is 11.9. The van der Waals surface area contributed by atoms with Gasteiger partial charge in [0.2, 0.25) is 0 Å². The van der Waals surface area contributed by atoms with Crippen molar-refractivity contribution in [2.24, 2.45) is 0 Å². The summed E-state index contributed by atoms with van der Waals surface area (Å²) in [6.07, 6.45) is -0.556. The molecule has 0 fully saturated rings. The Morgan fingerprint density at radius 2 is 1.76 bits per heavy atom. The molecule has 2 N–H and O–H groups in total. The maximum Gasteiger partial charge on any atom is 0.410 e. The number of carboxylic acid groups (broad SMARTS) is 1. The molecular formula is C15H21NO5. The molecule has 0 spiro atoms. The zero-order valence-corrected chi connectivity index (χ0v) is 12.7. The van der Waals surface area contributed by atoms with Crippen LogP contribution in [0.25, 0.3) is 0 Å². The highest BCUT2D eigenvalue weighted by Crippen LogP contribution is 2.16. The highest BCUT2D eigenvalue weighted by atomic mass is 16.6. The molecule has 0 radical (unpaired) electrons. The molecule has 0 aliphatic heterocycles. The fourth-order valence-electron chi connectivity index (χ4n) is 1.71. The number of carbonyl (C=O) groups is 2. The number of hydrogen-bond donors (Lipinski definition) is 2. The van der Waals surface area contributed by atoms with Crippen LogP contribution in [0.3, 0.4) is 0 Å². The number of phenols is 1. The Morgan fingerprint density at radius 1 is 1.24 bits per heavy atom. The molecule has 0 heterocycles. The molecule has 116 valence electrons. The van der Waals surface area contributed by atoms with E-state index in [-0.39, 0.29) is 12.2 Å². The number of carbonyl (C=O) groups excluding carboxylic acids is 1. The molecular weight excluding hydrogens is 274 g/mol. The number of phenolic OH excluding ortho intramolecular Hbond substituents is 1. The number of ether oxygens (including phenoxy) is 1. The van der Waals surface area contributed by atoms with Crippen molar-refractivity contribution in [3.63, 3.8) is 0 Å². The summed E-state index contributed by atoms with van der Waals surface area (Å²) in [7, 11) is 1.40. The summed E-state index contributed by atoms with van der Waals surface area (Å²) < 4.78 is 5.17. The molecule has 1 atom stereocenters. The number of benzene rings is 1. The molecule has 0 saturated heterocycles. The number of carboxylic acids is 1. The van der Waals surface area contributed by atoms with Crippen LogP contribution in [0.15, 0.2) is 24.3 Å². The topological polar surface area (TPSA) is 87.1 Å². The number of rotatable bonds is 4. The third-order valence-corrected chi connectivity index (χ3v) is 2.80. The molecule has 0 aromatic heterocycles. The van der Waals surface area contributed by atoms with Crippen molar-refractivity contribution in [3.8, 4) is 5.75 Å². The molecule has 0 saturated carbocycles. The third-order valence-electron chi connectivity index (χ3n) is 2.80. The molecule has 6 heteroatoms. The van der Waals surface area contributed by atoms with Crippen molar-refractivity contribution in [3.05, 3.63) is 29.8 Å². The van der Waals surface area contributed by atoms with Gasteiger partial charge in [-0.3, -0.25) is 4.90 Å². The Balaban J connectivity index is 2.83. The second kappa shape index (κ2) is 6.47. The Morgan fingerprint density at radius 3 is 2.19 bits per heavy atom. The van der Waals surface area contributed by atoms with Crippen molar-refractivity contribution in [2.75, 3.05) is 7.05 Å². The van der Waals surface area contributed by atoms with E-state index in [1.807, 2.05) is 0 Å². The van der Waals surface area contributed by atoms with Crippen molar-refractivity contribution in [1.82, 2.24) is 4.90 Å². The van der Waals surface area contributed by atoms with Gasteiger partial charge in [0, 0.05) is 13.5 Å². The normalized spacial score (nSPS) is 12.6. The average molecular weight is 295 g/mol. The number of aliphatic carboxylic acids is 1. The monoisotopic (exact) mass is 295 g/mol. The minimum atomic E-state index is -1.11. The molecule has 6 nitrogen and oxygen atoms in total. The van der Waals surface area contributed by atoms with E-state index in [2.05, 4.69) is 0 Å². The van der Waals surface area contributed by atoms with Crippen LogP contribution in [0, 0.1) is 0 Å². The summed E-state index contributed by atoms with van der Waals surface area (Å²) in [4.78, 5) is 24.4. The van der Waals surface area contributed by atoms with Crippen LogP contribution < -0.4 is 0 Å². The molecule has 0 bridgehead atoms. The first kappa shape index (κ1) is 16.8. The van der Waals surface area contributed by atoms with Gasteiger partial charge in [0.1, 0.15) is 17.4 Å². The predicted molar refractivity (Wildman–Crippen MR) is 77.2 cm³/mol. The van der Waals surface area contributed by atoms with Crippen LogP contribution in [0.5, 0.6) is 5.75 Å². The first-order valence-corrected chi connectivity index (χ1v) is 6.56. The van der Waals surface area contributed by atoms with E-state index in [0.717, 1.165) is 4.90 Å². The van der Waals surface area contributed by atoms with Crippen LogP contribution in [0.2, 0.25) is 0 Å². The molecule has 1 aromatic rings. The van der Waals surface area contributed by atoms with E-state index in [0.29, 0.717) is 5.56 Å². The third kappa shape index (κ3) is 5.33. The van der Waals surface area contributed by atoms with Gasteiger partial charge in [-0.15, -0.1) is 0 Å². The SMILES string of the molecule is CN(C(=O)OC(C)(C)C)[C@H](Cc1ccc(O)cc1)C(=O)O. The van der Waals surface area contributed by atoms with Gasteiger partial charge in [0.15, 0.2) is 0 Å². The van der Waals surface area contributed by atoms with Crippen LogP contribution in [-0.2, 0) is 16.0 Å². The largest absolute Gasteiger partial charge is 0.508 e. The molecule has 21 heavy (non-hydrogen) atoms. The lowest BCUT2D eigenvalue weighted by molar-refractivity contribution is -0.142. The second-order valence-corrected chi connectivity index (χ2v) is 5.82. The van der Waals surface area contributed by atoms with Crippen LogP contribution >= 0.6 is 0 Å². The van der Waals surface area contributed by atoms with Gasteiger partial charge in [0.25, 0.3) is 0 Å². The van der Waals surface area contributed by atoms with Crippen molar-refractivity contribution < 1.29 is 24.5 Å². The molecule has 0 unspecified atom stereocenters. The first-order chi connectivity index (χ1) is 9.60. The molecule has 0 aliphatic carbocycles. The van der Waals surface area contributed by atoms with Gasteiger partial charge < -0.3 is 14.9 Å². The molecule has 1 aromatic carbocycles. The number of aromatic hydroxyl groups is 1. The second-order valence-electron chi connectivity index (χ2n) is 5.82. The predicted octanol–water partition coefficient (Wildman–Crippen LogP) is 2.25. The maximum absolute atomic E-state index is 11.9. The summed E-state index contributed by atoms with van der Waals surface area (Å²) in [5, 5.41) is 18.5. The Bertz CT molecular complexity index is 504. The summed E-state index contributed by atoms with van der Waals surface area (Å²) >= 11 is 0. The Hall–Kier alpha value is -2.24. The van der Waals surface area contributed by atoms with Crippen LogP contribution in [0.4, 0.5) is 4.79 Å². The Kier molecular flexibility index (Phi) is 5.18. The van der Waals surface area contributed by atoms with Gasteiger partial charge in [-0.2, -0.15) is 0 Å². The standard InChI is InChI=1S/C15H21NO5/c1-15(2,3)21-14(20)16(4)12(13(18)19)9-10-5-7-11(17)8-6-10/h5-8,12,17H,9H2,1-4H3,(H,18,19)/t12-/m1/s1. The molecule has 1 amide bonds. The lowest BCUT2D eigenvalue weighted by atomic mass is 10.1. The molecule has 0 aliphatic rings. The number of nitrogens with zero attached hydrogens (tertiary/aromatic N) is 1. The van der Waals surface area contributed by atoms with Crippen molar-refractivity contribution in [2.45, 2.75) is 38.8 Å². The first-order valence-electron chi connectivity index (χ1n) is 6.56. The van der Waals surface area contributed by atoms with Crippen molar-refractivity contribution in [1.29, 1.82) is 0 Å². The van der Waals surface area contributed by atoms with Gasteiger partial charge in [0.05, 0.1) is 0 Å². The zero-order chi connectivity index (χ0) is 16.2. The minimum Gasteiger partial charge on any atom is -0.508 e. The summed E-state index contributed by atoms with van der Waals surface area (Å²) in [6, 6.07) is 5.15. The van der Waals surface area contributed by atoms with E-state index in [4.69, 9.17) is 4.74 Å². The van der Waals surface area contributed by atoms with E-state index in [1.54, 1.807) is 32.9 Å². The minimum absolute atomic E-state index is 0.103. The quantitative estimate of drug-likeness (QED) is 0.889. The average Bonchev–Trinajstić information content (AvgIpc) is 2.34. The fraction of sp³-hybridized carbons (Fsp3) is 0.467. The lowest BCUT2D eigenvalue weighted by Crippen LogP contribution is -2.46. The van der Waals surface area contributed by atoms with Gasteiger partial charge >= 0.3 is 12.1 Å². The number of amides is 1. The van der Waals surface area contributed by atoms with Crippen LogP contribution in [-0.4, -0.2) is 45.9 Å². The van der Waals surface area contributed by atoms with Gasteiger partial charge in [-0.25, -0.2) is 9.59 Å². The van der Waals surface area contributed by atoms with Crippen LogP contribution in [0.1, 0.15) is 26.3 Å². The smallest absolute Gasteiger partial charge is 0.410 e. The summed E-state index contributed by atoms with van der Waals surface area (Å²) in [5.41, 5.74) is 0.0167. The van der Waals surface area contributed by atoms with E-state index in [1.165, 1.54) is 19.2 Å². The van der Waals surface area contributed by atoms with Gasteiger partial charge in [-0.1, -0.05) is 12.1 Å². The molecule has 1 rings (SSSR count). The van der Waals surface area contributed by atoms with Gasteiger partial charge in [-0.05, 0) is 38.5 Å².